The van der Waals surface area contributed by atoms with E-state index < -0.39 is 0 Å². The Labute approximate surface area is 258 Å². The summed E-state index contributed by atoms with van der Waals surface area (Å²) in [5.41, 5.74) is 9.17. The molecule has 0 aromatic heterocycles. The number of rotatable bonds is 8. The summed E-state index contributed by atoms with van der Waals surface area (Å²) >= 11 is 0. The fraction of sp³-hybridized carbons (Fsp3) is 0.415. The largest absolute Gasteiger partial charge is 0.507 e. The fourth-order valence-corrected chi connectivity index (χ4v) is 7.78. The van der Waals surface area contributed by atoms with E-state index in [4.69, 9.17) is 0 Å². The Kier molecular flexibility index (Phi) is 9.22. The van der Waals surface area contributed by atoms with Gasteiger partial charge in [-0.3, -0.25) is 0 Å². The smallest absolute Gasteiger partial charge is 0.122 e. The lowest BCUT2D eigenvalue weighted by Crippen LogP contribution is -2.10. The molecule has 4 aromatic carbocycles. The molecule has 0 heterocycles. The number of aromatic hydroxyl groups is 2. The summed E-state index contributed by atoms with van der Waals surface area (Å²) in [5.74, 6) is 2.11. The van der Waals surface area contributed by atoms with Crippen molar-refractivity contribution in [3.05, 3.63) is 129 Å². The molecule has 2 saturated carbocycles. The second kappa shape index (κ2) is 13.4. The van der Waals surface area contributed by atoms with Crippen molar-refractivity contribution in [3.63, 3.8) is 0 Å². The van der Waals surface area contributed by atoms with Gasteiger partial charge in [0.1, 0.15) is 11.5 Å². The number of phenolic OH excluding ortho intramolecular Hbond substituents is 2. The maximum absolute atomic E-state index is 11.9. The molecule has 0 radical (unpaired) electrons. The van der Waals surface area contributed by atoms with Gasteiger partial charge in [0.2, 0.25) is 0 Å². The zero-order valence-corrected chi connectivity index (χ0v) is 26.1. The summed E-state index contributed by atoms with van der Waals surface area (Å²) in [6, 6.07) is 30.4. The summed E-state index contributed by atoms with van der Waals surface area (Å²) in [5, 5.41) is 23.7. The Hall–Kier alpha value is -3.52. The van der Waals surface area contributed by atoms with Gasteiger partial charge >= 0.3 is 0 Å². The van der Waals surface area contributed by atoms with E-state index in [-0.39, 0.29) is 11.8 Å². The molecule has 2 atom stereocenters. The molecular weight excluding hydrogens is 524 g/mol. The topological polar surface area (TPSA) is 40.5 Å². The third-order valence-corrected chi connectivity index (χ3v) is 10.6. The van der Waals surface area contributed by atoms with Crippen molar-refractivity contribution in [1.82, 2.24) is 0 Å². The first-order valence-electron chi connectivity index (χ1n) is 16.8. The minimum Gasteiger partial charge on any atom is -0.507 e. The lowest BCUT2D eigenvalue weighted by atomic mass is 9.78. The van der Waals surface area contributed by atoms with Crippen LogP contribution in [0.4, 0.5) is 0 Å². The summed E-state index contributed by atoms with van der Waals surface area (Å²) in [7, 11) is 0. The van der Waals surface area contributed by atoms with Crippen molar-refractivity contribution in [2.75, 3.05) is 0 Å². The average Bonchev–Trinajstić information content (AvgIpc) is 3.07. The molecule has 2 unspecified atom stereocenters. The molecule has 0 aliphatic heterocycles. The highest BCUT2D eigenvalue weighted by Crippen LogP contribution is 2.45. The van der Waals surface area contributed by atoms with E-state index in [0.29, 0.717) is 29.8 Å². The first-order valence-corrected chi connectivity index (χ1v) is 16.8. The van der Waals surface area contributed by atoms with E-state index in [0.717, 1.165) is 47.9 Å². The third kappa shape index (κ3) is 6.54. The lowest BCUT2D eigenvalue weighted by Gasteiger charge is -2.27. The SMILES string of the molecule is CC(c1ccccc1)c1cc(Cc2cc(C(C)c3ccccc3)cc(C3CCCCC3)c2O)c(O)c(C2CCCCC2)c1. The normalized spacial score (nSPS) is 17.9. The van der Waals surface area contributed by atoms with Gasteiger partial charge < -0.3 is 10.2 Å². The van der Waals surface area contributed by atoms with E-state index >= 15 is 0 Å². The van der Waals surface area contributed by atoms with Crippen LogP contribution in [0.3, 0.4) is 0 Å². The van der Waals surface area contributed by atoms with E-state index in [1.807, 2.05) is 0 Å². The molecule has 0 saturated heterocycles. The van der Waals surface area contributed by atoms with E-state index in [1.54, 1.807) is 0 Å². The van der Waals surface area contributed by atoms with Gasteiger partial charge in [-0.25, -0.2) is 0 Å². The van der Waals surface area contributed by atoms with Crippen LogP contribution in [0.1, 0.15) is 146 Å². The zero-order valence-electron chi connectivity index (χ0n) is 26.1. The number of phenols is 2. The molecule has 224 valence electrons. The molecule has 0 amide bonds. The molecule has 2 heteroatoms. The minimum absolute atomic E-state index is 0.221. The molecule has 2 nitrogen and oxygen atoms in total. The van der Waals surface area contributed by atoms with Crippen LogP contribution >= 0.6 is 0 Å². The number of hydrogen-bond acceptors (Lipinski definition) is 2. The standard InChI is InChI=1S/C41H48O2/c1-28(30-15-7-3-8-16-30)34-23-36(40(42)38(26-34)32-19-11-5-12-20-32)25-37-24-35(29(2)31-17-9-4-10-18-31)27-39(41(37)43)33-21-13-6-14-22-33/h3-4,7-10,15-18,23-24,26-29,32-33,42-43H,5-6,11-14,19-22,25H2,1-2H3. The molecule has 0 spiro atoms. The van der Waals surface area contributed by atoms with Crippen molar-refractivity contribution in [2.24, 2.45) is 0 Å². The molecule has 0 bridgehead atoms. The Morgan fingerprint density at radius 1 is 0.512 bits per heavy atom. The van der Waals surface area contributed by atoms with Crippen molar-refractivity contribution < 1.29 is 10.2 Å². The second-order valence-electron chi connectivity index (χ2n) is 13.3. The van der Waals surface area contributed by atoms with Crippen LogP contribution in [-0.2, 0) is 6.42 Å². The molecule has 6 rings (SSSR count). The molecule has 43 heavy (non-hydrogen) atoms. The molecule has 2 aliphatic carbocycles. The van der Waals surface area contributed by atoms with Crippen molar-refractivity contribution >= 4 is 0 Å². The Bertz CT molecular complexity index is 1380. The number of benzene rings is 4. The van der Waals surface area contributed by atoms with Gasteiger partial charge in [-0.2, -0.15) is 0 Å². The Morgan fingerprint density at radius 3 is 1.26 bits per heavy atom. The molecule has 4 aromatic rings. The van der Waals surface area contributed by atoms with Gasteiger partial charge in [-0.15, -0.1) is 0 Å². The minimum atomic E-state index is 0.221. The van der Waals surface area contributed by atoms with Crippen molar-refractivity contribution in [3.8, 4) is 11.5 Å². The van der Waals surface area contributed by atoms with Crippen LogP contribution in [0, 0.1) is 0 Å². The maximum atomic E-state index is 11.9. The highest BCUT2D eigenvalue weighted by atomic mass is 16.3. The van der Waals surface area contributed by atoms with E-state index in [9.17, 15) is 10.2 Å². The van der Waals surface area contributed by atoms with Crippen LogP contribution in [0.5, 0.6) is 11.5 Å². The van der Waals surface area contributed by atoms with Gasteiger partial charge in [0.05, 0.1) is 0 Å². The highest BCUT2D eigenvalue weighted by Gasteiger charge is 2.26. The third-order valence-electron chi connectivity index (χ3n) is 10.6. The van der Waals surface area contributed by atoms with E-state index in [2.05, 4.69) is 98.8 Å². The van der Waals surface area contributed by atoms with Gasteiger partial charge in [-0.1, -0.05) is 137 Å². The predicted molar refractivity (Wildman–Crippen MR) is 179 cm³/mol. The second-order valence-corrected chi connectivity index (χ2v) is 13.3. The van der Waals surface area contributed by atoms with Crippen LogP contribution in [0.2, 0.25) is 0 Å². The lowest BCUT2D eigenvalue weighted by molar-refractivity contribution is 0.408. The predicted octanol–water partition coefficient (Wildman–Crippen LogP) is 11.1. The molecule has 2 N–H and O–H groups in total. The summed E-state index contributed by atoms with van der Waals surface area (Å²) < 4.78 is 0. The van der Waals surface area contributed by atoms with Gasteiger partial charge in [0.25, 0.3) is 0 Å². The fourth-order valence-electron chi connectivity index (χ4n) is 7.78. The monoisotopic (exact) mass is 572 g/mol. The van der Waals surface area contributed by atoms with E-state index in [1.165, 1.54) is 60.8 Å². The first-order chi connectivity index (χ1) is 21.0. The van der Waals surface area contributed by atoms with Gasteiger partial charge in [-0.05, 0) is 82.0 Å². The van der Waals surface area contributed by atoms with Gasteiger partial charge in [0.15, 0.2) is 0 Å². The van der Waals surface area contributed by atoms with Gasteiger partial charge in [0, 0.05) is 18.3 Å². The van der Waals surface area contributed by atoms with Crippen LogP contribution in [-0.4, -0.2) is 10.2 Å². The summed E-state index contributed by atoms with van der Waals surface area (Å²) in [6.45, 7) is 4.55. The van der Waals surface area contributed by atoms with Crippen LogP contribution < -0.4 is 0 Å². The molecular formula is C41H48O2. The van der Waals surface area contributed by atoms with Crippen LogP contribution in [0.15, 0.2) is 84.9 Å². The van der Waals surface area contributed by atoms with Crippen molar-refractivity contribution in [2.45, 2.75) is 108 Å². The Morgan fingerprint density at radius 2 is 0.884 bits per heavy atom. The quantitative estimate of drug-likeness (QED) is 0.220. The maximum Gasteiger partial charge on any atom is 0.122 e. The zero-order chi connectivity index (χ0) is 29.8. The molecule has 2 aliphatic rings. The summed E-state index contributed by atoms with van der Waals surface area (Å²) in [4.78, 5) is 0. The van der Waals surface area contributed by atoms with Crippen molar-refractivity contribution in [1.29, 1.82) is 0 Å². The average molecular weight is 573 g/mol. The summed E-state index contributed by atoms with van der Waals surface area (Å²) in [6.07, 6.45) is 12.5. The highest BCUT2D eigenvalue weighted by molar-refractivity contribution is 5.54. The van der Waals surface area contributed by atoms with Crippen LogP contribution in [0.25, 0.3) is 0 Å². The number of hydrogen-bond donors (Lipinski definition) is 2. The Balaban J connectivity index is 1.44. The molecule has 2 fully saturated rings. The first kappa shape index (κ1) is 29.5.